The lowest BCUT2D eigenvalue weighted by Crippen LogP contribution is -2.45. The van der Waals surface area contributed by atoms with Crippen molar-refractivity contribution in [3.8, 4) is 5.88 Å². The molecule has 5 heteroatoms. The Morgan fingerprint density at radius 1 is 1.39 bits per heavy atom. The van der Waals surface area contributed by atoms with Gasteiger partial charge < -0.3 is 14.8 Å². The molecule has 2 rings (SSSR count). The molecule has 0 radical (unpaired) electrons. The molecule has 1 heterocycles. The first-order valence-corrected chi connectivity index (χ1v) is 6.44. The zero-order valence-electron chi connectivity index (χ0n) is 11.3. The van der Waals surface area contributed by atoms with E-state index in [2.05, 4.69) is 15.3 Å². The highest BCUT2D eigenvalue weighted by Gasteiger charge is 2.36. The molecule has 100 valence electrons. The van der Waals surface area contributed by atoms with Crippen molar-refractivity contribution in [3.05, 3.63) is 11.9 Å². The van der Waals surface area contributed by atoms with Crippen molar-refractivity contribution in [1.29, 1.82) is 0 Å². The molecule has 0 aliphatic heterocycles. The second-order valence-corrected chi connectivity index (χ2v) is 4.68. The van der Waals surface area contributed by atoms with E-state index in [1.807, 2.05) is 13.8 Å². The Kier molecular flexibility index (Phi) is 4.01. The number of methoxy groups -OCH3 is 1. The standard InChI is InChI=1S/C13H21N3O2/c1-4-18-12-10(2)11(15-9-16-12)14-8-13(17-3)6-5-7-13/h9H,4-8H2,1-3H3,(H,14,15,16). The highest BCUT2D eigenvalue weighted by atomic mass is 16.5. The normalized spacial score (nSPS) is 17.1. The van der Waals surface area contributed by atoms with Gasteiger partial charge in [0.1, 0.15) is 12.1 Å². The fraction of sp³-hybridized carbons (Fsp3) is 0.692. The van der Waals surface area contributed by atoms with Gasteiger partial charge >= 0.3 is 0 Å². The molecule has 0 atom stereocenters. The van der Waals surface area contributed by atoms with Gasteiger partial charge in [-0.2, -0.15) is 0 Å². The Morgan fingerprint density at radius 2 is 2.17 bits per heavy atom. The van der Waals surface area contributed by atoms with E-state index in [4.69, 9.17) is 9.47 Å². The predicted molar refractivity (Wildman–Crippen MR) is 70.0 cm³/mol. The quantitative estimate of drug-likeness (QED) is 0.839. The molecular weight excluding hydrogens is 230 g/mol. The first-order valence-electron chi connectivity index (χ1n) is 6.44. The van der Waals surface area contributed by atoms with E-state index in [1.54, 1.807) is 7.11 Å². The van der Waals surface area contributed by atoms with Crippen LogP contribution in [0.3, 0.4) is 0 Å². The molecule has 18 heavy (non-hydrogen) atoms. The first kappa shape index (κ1) is 13.1. The molecule has 0 saturated heterocycles. The lowest BCUT2D eigenvalue weighted by molar-refractivity contribution is -0.0601. The number of nitrogens with zero attached hydrogens (tertiary/aromatic N) is 2. The van der Waals surface area contributed by atoms with E-state index >= 15 is 0 Å². The highest BCUT2D eigenvalue weighted by molar-refractivity contribution is 5.47. The van der Waals surface area contributed by atoms with Gasteiger partial charge in [0.05, 0.1) is 17.8 Å². The van der Waals surface area contributed by atoms with Crippen molar-refractivity contribution < 1.29 is 9.47 Å². The van der Waals surface area contributed by atoms with Crippen LogP contribution in [0.1, 0.15) is 31.7 Å². The average molecular weight is 251 g/mol. The highest BCUT2D eigenvalue weighted by Crippen LogP contribution is 2.35. The van der Waals surface area contributed by atoms with Gasteiger partial charge in [-0.25, -0.2) is 9.97 Å². The molecule has 0 unspecified atom stereocenters. The van der Waals surface area contributed by atoms with Gasteiger partial charge in [0.15, 0.2) is 0 Å². The van der Waals surface area contributed by atoms with Crippen LogP contribution in [0.15, 0.2) is 6.33 Å². The second kappa shape index (κ2) is 5.52. The fourth-order valence-corrected chi connectivity index (χ4v) is 2.16. The molecule has 5 nitrogen and oxygen atoms in total. The maximum absolute atomic E-state index is 5.58. The molecule has 1 aromatic heterocycles. The van der Waals surface area contributed by atoms with Gasteiger partial charge in [-0.05, 0) is 33.1 Å². The number of hydrogen-bond donors (Lipinski definition) is 1. The van der Waals surface area contributed by atoms with E-state index in [-0.39, 0.29) is 5.60 Å². The summed E-state index contributed by atoms with van der Waals surface area (Å²) in [5.41, 5.74) is 0.938. The molecule has 0 bridgehead atoms. The maximum Gasteiger partial charge on any atom is 0.221 e. The summed E-state index contributed by atoms with van der Waals surface area (Å²) in [6.45, 7) is 5.31. The number of ether oxygens (including phenoxy) is 2. The Balaban J connectivity index is 2.02. The Morgan fingerprint density at radius 3 is 2.72 bits per heavy atom. The van der Waals surface area contributed by atoms with Crippen molar-refractivity contribution in [1.82, 2.24) is 9.97 Å². The third kappa shape index (κ3) is 2.56. The number of rotatable bonds is 6. The van der Waals surface area contributed by atoms with E-state index < -0.39 is 0 Å². The minimum Gasteiger partial charge on any atom is -0.478 e. The van der Waals surface area contributed by atoms with Gasteiger partial charge in [-0.1, -0.05) is 0 Å². The summed E-state index contributed by atoms with van der Waals surface area (Å²) in [7, 11) is 1.78. The summed E-state index contributed by atoms with van der Waals surface area (Å²) in [5, 5.41) is 3.35. The molecule has 1 aliphatic rings. The lowest BCUT2D eigenvalue weighted by atomic mass is 9.80. The molecule has 1 fully saturated rings. The van der Waals surface area contributed by atoms with Crippen molar-refractivity contribution in [2.45, 2.75) is 38.7 Å². The second-order valence-electron chi connectivity index (χ2n) is 4.68. The lowest BCUT2D eigenvalue weighted by Gasteiger charge is -2.40. The van der Waals surface area contributed by atoms with E-state index in [1.165, 1.54) is 12.7 Å². The molecule has 0 amide bonds. The summed E-state index contributed by atoms with van der Waals surface area (Å²) in [5.74, 6) is 1.48. The van der Waals surface area contributed by atoms with Crippen LogP contribution in [0.5, 0.6) is 5.88 Å². The van der Waals surface area contributed by atoms with Crippen molar-refractivity contribution in [2.75, 3.05) is 25.6 Å². The van der Waals surface area contributed by atoms with Crippen LogP contribution in [0, 0.1) is 6.92 Å². The van der Waals surface area contributed by atoms with Crippen molar-refractivity contribution >= 4 is 5.82 Å². The van der Waals surface area contributed by atoms with Gasteiger partial charge in [0.2, 0.25) is 5.88 Å². The van der Waals surface area contributed by atoms with Gasteiger partial charge in [-0.3, -0.25) is 0 Å². The summed E-state index contributed by atoms with van der Waals surface area (Å²) in [6.07, 6.45) is 4.99. The zero-order chi connectivity index (χ0) is 13.0. The van der Waals surface area contributed by atoms with Gasteiger partial charge in [-0.15, -0.1) is 0 Å². The topological polar surface area (TPSA) is 56.3 Å². The van der Waals surface area contributed by atoms with Crippen LogP contribution in [0.4, 0.5) is 5.82 Å². The summed E-state index contributed by atoms with van der Waals surface area (Å²) in [4.78, 5) is 8.38. The van der Waals surface area contributed by atoms with Crippen molar-refractivity contribution in [3.63, 3.8) is 0 Å². The Bertz CT molecular complexity index is 400. The van der Waals surface area contributed by atoms with Crippen LogP contribution in [-0.2, 0) is 4.74 Å². The minimum absolute atomic E-state index is 0.0107. The number of aromatic nitrogens is 2. The SMILES string of the molecule is CCOc1ncnc(NCC2(OC)CCC2)c1C. The Hall–Kier alpha value is -1.36. The summed E-state index contributed by atoms with van der Waals surface area (Å²) >= 11 is 0. The van der Waals surface area contributed by atoms with Crippen molar-refractivity contribution in [2.24, 2.45) is 0 Å². The van der Waals surface area contributed by atoms with Crippen LogP contribution >= 0.6 is 0 Å². The Labute approximate surface area is 108 Å². The van der Waals surface area contributed by atoms with Crippen LogP contribution in [-0.4, -0.2) is 35.8 Å². The maximum atomic E-state index is 5.58. The number of hydrogen-bond acceptors (Lipinski definition) is 5. The smallest absolute Gasteiger partial charge is 0.221 e. The van der Waals surface area contributed by atoms with Crippen LogP contribution in [0.25, 0.3) is 0 Å². The minimum atomic E-state index is -0.0107. The molecule has 1 saturated carbocycles. The van der Waals surface area contributed by atoms with E-state index in [0.29, 0.717) is 12.5 Å². The summed E-state index contributed by atoms with van der Waals surface area (Å²) < 4.78 is 11.0. The molecule has 1 aromatic rings. The average Bonchev–Trinajstić information content (AvgIpc) is 2.33. The third-order valence-corrected chi connectivity index (χ3v) is 3.59. The third-order valence-electron chi connectivity index (χ3n) is 3.59. The largest absolute Gasteiger partial charge is 0.478 e. The monoisotopic (exact) mass is 251 g/mol. The molecule has 0 aromatic carbocycles. The molecule has 0 spiro atoms. The van der Waals surface area contributed by atoms with Crippen LogP contribution < -0.4 is 10.1 Å². The van der Waals surface area contributed by atoms with E-state index in [0.717, 1.165) is 30.8 Å². The number of nitrogens with one attached hydrogen (secondary N) is 1. The van der Waals surface area contributed by atoms with Gasteiger partial charge in [0.25, 0.3) is 0 Å². The van der Waals surface area contributed by atoms with E-state index in [9.17, 15) is 0 Å². The zero-order valence-corrected chi connectivity index (χ0v) is 11.3. The molecular formula is C13H21N3O2. The fourth-order valence-electron chi connectivity index (χ4n) is 2.16. The van der Waals surface area contributed by atoms with Crippen LogP contribution in [0.2, 0.25) is 0 Å². The molecule has 1 N–H and O–H groups in total. The predicted octanol–water partition coefficient (Wildman–Crippen LogP) is 2.16. The number of anilines is 1. The molecule has 1 aliphatic carbocycles. The van der Waals surface area contributed by atoms with Gasteiger partial charge in [0, 0.05) is 13.7 Å². The summed E-state index contributed by atoms with van der Waals surface area (Å²) in [6, 6.07) is 0. The first-order chi connectivity index (χ1) is 8.71.